The molecule has 0 aromatic carbocycles. The largest absolute Gasteiger partial charge is 0.391 e. The summed E-state index contributed by atoms with van der Waals surface area (Å²) < 4.78 is 0. The van der Waals surface area contributed by atoms with Crippen LogP contribution < -0.4 is 0 Å². The molecule has 3 heteroatoms. The van der Waals surface area contributed by atoms with Gasteiger partial charge in [0.1, 0.15) is 0 Å². The van der Waals surface area contributed by atoms with Gasteiger partial charge in [-0.2, -0.15) is 0 Å². The Labute approximate surface area is 161 Å². The average molecular weight is 367 g/mol. The molecule has 0 amide bonds. The van der Waals surface area contributed by atoms with Crippen LogP contribution in [-0.4, -0.2) is 27.7 Å². The lowest BCUT2D eigenvalue weighted by Crippen LogP contribution is -2.32. The number of unbranched alkanes of at least 4 members (excludes halogenated alkanes) is 7. The minimum Gasteiger partial charge on any atom is -0.391 e. The van der Waals surface area contributed by atoms with Crippen molar-refractivity contribution >= 4 is 0 Å². The maximum absolute atomic E-state index is 9.34. The first-order valence-corrected chi connectivity index (χ1v) is 11.0. The SMILES string of the molecule is CCCCCCCC/C=C/[C@H]1CCC[C@@H]1C/C=C\CCCC(O)(O)CO. The normalized spacial score (nSPS) is 21.4. The molecule has 1 saturated carbocycles. The van der Waals surface area contributed by atoms with E-state index >= 15 is 0 Å². The molecule has 0 spiro atoms. The van der Waals surface area contributed by atoms with E-state index in [1.54, 1.807) is 0 Å². The molecule has 2 atom stereocenters. The molecular formula is C23H42O3. The second-order valence-electron chi connectivity index (χ2n) is 8.08. The van der Waals surface area contributed by atoms with Crippen molar-refractivity contribution < 1.29 is 15.3 Å². The van der Waals surface area contributed by atoms with Gasteiger partial charge in [-0.05, 0) is 56.8 Å². The van der Waals surface area contributed by atoms with Crippen molar-refractivity contribution in [1.29, 1.82) is 0 Å². The van der Waals surface area contributed by atoms with Crippen molar-refractivity contribution in [3.05, 3.63) is 24.3 Å². The van der Waals surface area contributed by atoms with E-state index in [1.165, 1.54) is 64.2 Å². The third kappa shape index (κ3) is 11.2. The maximum Gasteiger partial charge on any atom is 0.186 e. The standard InChI is InChI=1S/C23H42O3/c1-2-3-4-5-6-7-8-11-15-21-17-14-18-22(21)16-12-9-10-13-19-23(25,26)20-24/h9,11-12,15,21-22,24-26H,2-8,10,13-14,16-20H2,1H3/b12-9-,15-11+/t21-,22-/m0/s1. The molecule has 0 radical (unpaired) electrons. The lowest BCUT2D eigenvalue weighted by molar-refractivity contribution is -0.191. The third-order valence-corrected chi connectivity index (χ3v) is 5.63. The summed E-state index contributed by atoms with van der Waals surface area (Å²) in [5.74, 6) is -0.388. The lowest BCUT2D eigenvalue weighted by atomic mass is 9.92. The van der Waals surface area contributed by atoms with Crippen molar-refractivity contribution in [2.45, 2.75) is 103 Å². The minimum atomic E-state index is -1.91. The summed E-state index contributed by atoms with van der Waals surface area (Å²) in [6, 6.07) is 0. The average Bonchev–Trinajstić information content (AvgIpc) is 3.07. The Balaban J connectivity index is 2.12. The molecule has 1 fully saturated rings. The van der Waals surface area contributed by atoms with Crippen LogP contribution in [0.2, 0.25) is 0 Å². The highest BCUT2D eigenvalue weighted by molar-refractivity contribution is 4.97. The summed E-state index contributed by atoms with van der Waals surface area (Å²) in [5, 5.41) is 27.5. The van der Waals surface area contributed by atoms with E-state index in [2.05, 4.69) is 31.2 Å². The molecular weight excluding hydrogens is 324 g/mol. The highest BCUT2D eigenvalue weighted by Gasteiger charge is 2.23. The van der Waals surface area contributed by atoms with Gasteiger partial charge in [-0.1, -0.05) is 69.8 Å². The Kier molecular flexibility index (Phi) is 13.0. The van der Waals surface area contributed by atoms with Gasteiger partial charge >= 0.3 is 0 Å². The fourth-order valence-corrected chi connectivity index (χ4v) is 3.90. The lowest BCUT2D eigenvalue weighted by Gasteiger charge is -2.17. The summed E-state index contributed by atoms with van der Waals surface area (Å²) >= 11 is 0. The van der Waals surface area contributed by atoms with E-state index in [-0.39, 0.29) is 6.42 Å². The molecule has 3 nitrogen and oxygen atoms in total. The van der Waals surface area contributed by atoms with Crippen LogP contribution in [0.25, 0.3) is 0 Å². The fourth-order valence-electron chi connectivity index (χ4n) is 3.90. The van der Waals surface area contributed by atoms with E-state index in [4.69, 9.17) is 5.11 Å². The van der Waals surface area contributed by atoms with Gasteiger partial charge in [0, 0.05) is 6.42 Å². The monoisotopic (exact) mass is 366 g/mol. The molecule has 0 aromatic rings. The fraction of sp³-hybridized carbons (Fsp3) is 0.826. The van der Waals surface area contributed by atoms with Crippen LogP contribution in [-0.2, 0) is 0 Å². The van der Waals surface area contributed by atoms with Crippen LogP contribution in [0.3, 0.4) is 0 Å². The van der Waals surface area contributed by atoms with Crippen molar-refractivity contribution in [2.75, 3.05) is 6.61 Å². The third-order valence-electron chi connectivity index (χ3n) is 5.63. The second-order valence-corrected chi connectivity index (χ2v) is 8.08. The van der Waals surface area contributed by atoms with Gasteiger partial charge < -0.3 is 15.3 Å². The number of hydrogen-bond donors (Lipinski definition) is 3. The maximum atomic E-state index is 9.34. The van der Waals surface area contributed by atoms with Gasteiger partial charge in [-0.15, -0.1) is 0 Å². The topological polar surface area (TPSA) is 60.7 Å². The van der Waals surface area contributed by atoms with Crippen LogP contribution in [0.1, 0.15) is 96.8 Å². The predicted octanol–water partition coefficient (Wildman–Crippen LogP) is 5.50. The van der Waals surface area contributed by atoms with Crippen molar-refractivity contribution in [1.82, 2.24) is 0 Å². The van der Waals surface area contributed by atoms with Gasteiger partial charge in [0.25, 0.3) is 0 Å². The molecule has 0 heterocycles. The van der Waals surface area contributed by atoms with E-state index in [0.29, 0.717) is 6.42 Å². The molecule has 26 heavy (non-hydrogen) atoms. The second kappa shape index (κ2) is 14.4. The van der Waals surface area contributed by atoms with E-state index in [9.17, 15) is 10.2 Å². The van der Waals surface area contributed by atoms with E-state index in [1.807, 2.05) is 0 Å². The first-order chi connectivity index (χ1) is 12.6. The van der Waals surface area contributed by atoms with Crippen LogP contribution in [0, 0.1) is 11.8 Å². The summed E-state index contributed by atoms with van der Waals surface area (Å²) in [7, 11) is 0. The molecule has 0 bridgehead atoms. The van der Waals surface area contributed by atoms with Gasteiger partial charge in [-0.25, -0.2) is 0 Å². The first kappa shape index (κ1) is 23.4. The molecule has 1 aliphatic carbocycles. The van der Waals surface area contributed by atoms with Crippen LogP contribution in [0.15, 0.2) is 24.3 Å². The summed E-state index contributed by atoms with van der Waals surface area (Å²) in [6.45, 7) is 1.67. The first-order valence-electron chi connectivity index (χ1n) is 11.0. The number of allylic oxidation sites excluding steroid dienone is 4. The predicted molar refractivity (Wildman–Crippen MR) is 110 cm³/mol. The van der Waals surface area contributed by atoms with Crippen LogP contribution in [0.4, 0.5) is 0 Å². The number of rotatable bonds is 15. The van der Waals surface area contributed by atoms with Gasteiger partial charge in [0.15, 0.2) is 5.79 Å². The number of aliphatic hydroxyl groups is 3. The Morgan fingerprint density at radius 3 is 2.38 bits per heavy atom. The Morgan fingerprint density at radius 1 is 0.885 bits per heavy atom. The molecule has 1 aliphatic rings. The Morgan fingerprint density at radius 2 is 1.62 bits per heavy atom. The molecule has 0 unspecified atom stereocenters. The molecule has 3 N–H and O–H groups in total. The quantitative estimate of drug-likeness (QED) is 0.204. The van der Waals surface area contributed by atoms with Gasteiger partial charge in [0.05, 0.1) is 6.61 Å². The molecule has 1 rings (SSSR count). The highest BCUT2D eigenvalue weighted by atomic mass is 16.5. The van der Waals surface area contributed by atoms with Crippen LogP contribution >= 0.6 is 0 Å². The van der Waals surface area contributed by atoms with E-state index < -0.39 is 12.4 Å². The molecule has 152 valence electrons. The van der Waals surface area contributed by atoms with Gasteiger partial charge in [0.2, 0.25) is 0 Å². The highest BCUT2D eigenvalue weighted by Crippen LogP contribution is 2.35. The van der Waals surface area contributed by atoms with Crippen LogP contribution in [0.5, 0.6) is 0 Å². The minimum absolute atomic E-state index is 0.223. The summed E-state index contributed by atoms with van der Waals surface area (Å²) in [4.78, 5) is 0. The Hall–Kier alpha value is -0.640. The summed E-state index contributed by atoms with van der Waals surface area (Å²) in [6.07, 6.45) is 25.7. The van der Waals surface area contributed by atoms with Crippen molar-refractivity contribution in [3.63, 3.8) is 0 Å². The zero-order chi connectivity index (χ0) is 19.1. The zero-order valence-electron chi connectivity index (χ0n) is 16.9. The van der Waals surface area contributed by atoms with Crippen molar-refractivity contribution in [2.24, 2.45) is 11.8 Å². The van der Waals surface area contributed by atoms with E-state index in [0.717, 1.165) is 24.7 Å². The van der Waals surface area contributed by atoms with Crippen molar-refractivity contribution in [3.8, 4) is 0 Å². The Bertz CT molecular complexity index is 387. The zero-order valence-corrected chi connectivity index (χ0v) is 16.9. The molecule has 0 aromatic heterocycles. The van der Waals surface area contributed by atoms with Gasteiger partial charge in [-0.3, -0.25) is 0 Å². The molecule has 0 aliphatic heterocycles. The number of hydrogen-bond acceptors (Lipinski definition) is 3. The smallest absolute Gasteiger partial charge is 0.186 e. The molecule has 0 saturated heterocycles. The number of aliphatic hydroxyl groups excluding tert-OH is 1. The summed E-state index contributed by atoms with van der Waals surface area (Å²) in [5.41, 5.74) is 0.